The summed E-state index contributed by atoms with van der Waals surface area (Å²) >= 11 is 0. The van der Waals surface area contributed by atoms with Gasteiger partial charge in [-0.15, -0.1) is 0 Å². The lowest BCUT2D eigenvalue weighted by Gasteiger charge is -2.27. The Hall–Kier alpha value is -2.00. The van der Waals surface area contributed by atoms with Crippen molar-refractivity contribution in [3.05, 3.63) is 36.0 Å². The number of aliphatic hydroxyl groups is 3. The third kappa shape index (κ3) is 10.3. The van der Waals surface area contributed by atoms with Crippen molar-refractivity contribution in [3.8, 4) is 0 Å². The summed E-state index contributed by atoms with van der Waals surface area (Å²) in [5, 5.41) is 31.3. The van der Waals surface area contributed by atoms with Crippen molar-refractivity contribution in [3.63, 3.8) is 0 Å². The van der Waals surface area contributed by atoms with Crippen LogP contribution in [-0.2, 0) is 23.8 Å². The van der Waals surface area contributed by atoms with Gasteiger partial charge in [0.15, 0.2) is 0 Å². The molecule has 2 aliphatic rings. The van der Waals surface area contributed by atoms with Gasteiger partial charge in [0.1, 0.15) is 12.2 Å². The molecule has 1 saturated heterocycles. The molecular weight excluding hydrogens is 488 g/mol. The highest BCUT2D eigenvalue weighted by atomic mass is 16.6. The summed E-state index contributed by atoms with van der Waals surface area (Å²) in [7, 11) is 0. The summed E-state index contributed by atoms with van der Waals surface area (Å²) in [6.45, 7) is 12.7. The van der Waals surface area contributed by atoms with Crippen LogP contribution in [-0.4, -0.2) is 69.5 Å². The maximum absolute atomic E-state index is 12.6. The standard InChI is InChI=1S/C30H48O8/c1-8-24(33)21(5)29-26(37-29)17-30(7,35)15-9-10-19(3)28-20(4)12-14-25(36-22(6)31)18(2)11-13-23(32)16-27(34)38-28/h9-10,12,14-15,18,20-21,23-26,28-29,32-33,35H,8,11,13,16-17H2,1-7H3/b14-12+,15-9+,19-10+/t18-,20-,21+,23+,24-,25-,26+,28+,29+,30-/m0/s1. The van der Waals surface area contributed by atoms with E-state index in [1.807, 2.05) is 46.8 Å². The van der Waals surface area contributed by atoms with E-state index in [0.29, 0.717) is 25.7 Å². The van der Waals surface area contributed by atoms with E-state index in [4.69, 9.17) is 14.2 Å². The lowest BCUT2D eigenvalue weighted by Crippen LogP contribution is -2.30. The van der Waals surface area contributed by atoms with Gasteiger partial charge in [0.05, 0.1) is 36.4 Å². The van der Waals surface area contributed by atoms with E-state index < -0.39 is 36.0 Å². The van der Waals surface area contributed by atoms with E-state index in [1.165, 1.54) is 6.92 Å². The number of hydrogen-bond acceptors (Lipinski definition) is 8. The minimum Gasteiger partial charge on any atom is -0.458 e. The van der Waals surface area contributed by atoms with Crippen molar-refractivity contribution >= 4 is 11.9 Å². The van der Waals surface area contributed by atoms with Crippen molar-refractivity contribution in [2.75, 3.05) is 0 Å². The predicted octanol–water partition coefficient (Wildman–Crippen LogP) is 4.02. The van der Waals surface area contributed by atoms with Crippen LogP contribution in [0.15, 0.2) is 36.0 Å². The average Bonchev–Trinajstić information content (AvgIpc) is 3.59. The number of ether oxygens (including phenoxy) is 3. The topological polar surface area (TPSA) is 126 Å². The minimum absolute atomic E-state index is 0.0131. The SMILES string of the molecule is CC[C@H](O)[C@@H](C)[C@H]1O[C@@H]1C[C@@](C)(O)/C=C/C=C(\C)[C@H]1OC(=O)C[C@H](O)CC[C@H](C)[C@@H](OC(C)=O)/C=C/[C@@H]1C. The van der Waals surface area contributed by atoms with Gasteiger partial charge in [-0.25, -0.2) is 0 Å². The quantitative estimate of drug-likeness (QED) is 0.175. The first-order valence-corrected chi connectivity index (χ1v) is 13.9. The zero-order chi connectivity index (χ0) is 28.6. The monoisotopic (exact) mass is 536 g/mol. The second kappa shape index (κ2) is 14.4. The van der Waals surface area contributed by atoms with Crippen LogP contribution in [0.25, 0.3) is 0 Å². The molecule has 0 aromatic heterocycles. The summed E-state index contributed by atoms with van der Waals surface area (Å²) in [6.07, 6.45) is 8.48. The lowest BCUT2D eigenvalue weighted by atomic mass is 9.91. The first-order valence-electron chi connectivity index (χ1n) is 13.9. The molecule has 2 aliphatic heterocycles. The maximum Gasteiger partial charge on any atom is 0.309 e. The van der Waals surface area contributed by atoms with Gasteiger partial charge >= 0.3 is 11.9 Å². The fourth-order valence-corrected chi connectivity index (χ4v) is 4.99. The first-order chi connectivity index (χ1) is 17.7. The van der Waals surface area contributed by atoms with E-state index in [2.05, 4.69) is 0 Å². The molecule has 38 heavy (non-hydrogen) atoms. The average molecular weight is 537 g/mol. The van der Waals surface area contributed by atoms with E-state index in [-0.39, 0.29) is 42.4 Å². The van der Waals surface area contributed by atoms with Crippen LogP contribution in [0.4, 0.5) is 0 Å². The third-order valence-electron chi connectivity index (χ3n) is 7.60. The van der Waals surface area contributed by atoms with Gasteiger partial charge in [0, 0.05) is 25.2 Å². The molecule has 1 fully saturated rings. The van der Waals surface area contributed by atoms with Crippen molar-refractivity contribution in [1.29, 1.82) is 0 Å². The number of carbonyl (C=O) groups is 2. The Bertz CT molecular complexity index is 875. The molecule has 0 bridgehead atoms. The molecule has 0 radical (unpaired) electrons. The predicted molar refractivity (Wildman–Crippen MR) is 145 cm³/mol. The highest BCUT2D eigenvalue weighted by Crippen LogP contribution is 2.37. The fraction of sp³-hybridized carbons (Fsp3) is 0.733. The van der Waals surface area contributed by atoms with Crippen molar-refractivity contribution in [2.24, 2.45) is 17.8 Å². The molecule has 3 N–H and O–H groups in total. The van der Waals surface area contributed by atoms with Crippen molar-refractivity contribution in [1.82, 2.24) is 0 Å². The molecule has 8 nitrogen and oxygen atoms in total. The first kappa shape index (κ1) is 32.2. The van der Waals surface area contributed by atoms with E-state index >= 15 is 0 Å². The molecular formula is C30H48O8. The van der Waals surface area contributed by atoms with Gasteiger partial charge in [-0.1, -0.05) is 52.0 Å². The zero-order valence-electron chi connectivity index (χ0n) is 24.0. The van der Waals surface area contributed by atoms with Crippen molar-refractivity contribution < 1.29 is 39.1 Å². The van der Waals surface area contributed by atoms with Gasteiger partial charge in [-0.05, 0) is 50.7 Å². The Balaban J connectivity index is 2.14. The number of esters is 2. The Kier molecular flexibility index (Phi) is 12.2. The molecule has 2 heterocycles. The Morgan fingerprint density at radius 3 is 2.58 bits per heavy atom. The van der Waals surface area contributed by atoms with E-state index in [9.17, 15) is 24.9 Å². The normalized spacial score (nSPS) is 35.3. The minimum atomic E-state index is -1.11. The summed E-state index contributed by atoms with van der Waals surface area (Å²) in [5.41, 5.74) is -0.342. The van der Waals surface area contributed by atoms with Crippen LogP contribution in [0.3, 0.4) is 0 Å². The molecule has 0 aliphatic carbocycles. The number of aliphatic hydroxyl groups excluding tert-OH is 2. The second-order valence-electron chi connectivity index (χ2n) is 11.4. The molecule has 0 unspecified atom stereocenters. The second-order valence-corrected chi connectivity index (χ2v) is 11.4. The molecule has 8 heteroatoms. The van der Waals surface area contributed by atoms with E-state index in [1.54, 1.807) is 25.2 Å². The number of epoxide rings is 1. The number of hydrogen-bond donors (Lipinski definition) is 3. The summed E-state index contributed by atoms with van der Waals surface area (Å²) in [6, 6.07) is 0. The molecule has 0 saturated carbocycles. The third-order valence-corrected chi connectivity index (χ3v) is 7.60. The highest BCUT2D eigenvalue weighted by molar-refractivity contribution is 5.70. The van der Waals surface area contributed by atoms with Gasteiger partial charge in [0.2, 0.25) is 0 Å². The van der Waals surface area contributed by atoms with Gasteiger partial charge in [-0.2, -0.15) is 0 Å². The molecule has 216 valence electrons. The van der Waals surface area contributed by atoms with Crippen LogP contribution in [0.2, 0.25) is 0 Å². The molecule has 10 atom stereocenters. The number of carbonyl (C=O) groups excluding carboxylic acids is 2. The Morgan fingerprint density at radius 2 is 1.95 bits per heavy atom. The van der Waals surface area contributed by atoms with Crippen LogP contribution < -0.4 is 0 Å². The van der Waals surface area contributed by atoms with Crippen LogP contribution in [0.1, 0.15) is 80.6 Å². The van der Waals surface area contributed by atoms with Crippen LogP contribution >= 0.6 is 0 Å². The highest BCUT2D eigenvalue weighted by Gasteiger charge is 2.47. The van der Waals surface area contributed by atoms with Crippen molar-refractivity contribution in [2.45, 2.75) is 123 Å². The Labute approximate surface area is 227 Å². The molecule has 2 rings (SSSR count). The Morgan fingerprint density at radius 1 is 1.26 bits per heavy atom. The summed E-state index contributed by atoms with van der Waals surface area (Å²) < 4.78 is 17.0. The van der Waals surface area contributed by atoms with Gasteiger partial charge < -0.3 is 29.5 Å². The molecule has 0 spiro atoms. The fourth-order valence-electron chi connectivity index (χ4n) is 4.99. The van der Waals surface area contributed by atoms with Crippen LogP contribution in [0.5, 0.6) is 0 Å². The zero-order valence-corrected chi connectivity index (χ0v) is 24.0. The van der Waals surface area contributed by atoms with Crippen LogP contribution in [0, 0.1) is 17.8 Å². The summed E-state index contributed by atoms with van der Waals surface area (Å²) in [5.74, 6) is -1.08. The number of rotatable bonds is 9. The van der Waals surface area contributed by atoms with E-state index in [0.717, 1.165) is 5.57 Å². The number of cyclic esters (lactones) is 1. The molecule has 0 aromatic rings. The van der Waals surface area contributed by atoms with Gasteiger partial charge in [-0.3, -0.25) is 9.59 Å². The largest absolute Gasteiger partial charge is 0.458 e. The molecule has 0 amide bonds. The summed E-state index contributed by atoms with van der Waals surface area (Å²) in [4.78, 5) is 24.2. The van der Waals surface area contributed by atoms with Gasteiger partial charge in [0.25, 0.3) is 0 Å². The number of allylic oxidation sites excluding steroid dienone is 2. The maximum atomic E-state index is 12.6. The lowest BCUT2D eigenvalue weighted by molar-refractivity contribution is -0.151. The molecule has 0 aromatic carbocycles. The smallest absolute Gasteiger partial charge is 0.309 e.